The molecule has 1 aromatic rings. The molecule has 0 aromatic heterocycles. The molecule has 5 heteroatoms. The van der Waals surface area contributed by atoms with Crippen molar-refractivity contribution in [3.05, 3.63) is 23.8 Å². The Morgan fingerprint density at radius 1 is 1.35 bits per heavy atom. The third-order valence-corrected chi connectivity index (χ3v) is 3.40. The van der Waals surface area contributed by atoms with Gasteiger partial charge in [0.15, 0.2) is 11.5 Å². The molecule has 5 nitrogen and oxygen atoms in total. The number of hydrogen-bond acceptors (Lipinski definition) is 4. The van der Waals surface area contributed by atoms with Gasteiger partial charge >= 0.3 is 5.97 Å². The predicted molar refractivity (Wildman–Crippen MR) is 75.4 cm³/mol. The lowest BCUT2D eigenvalue weighted by Gasteiger charge is -2.17. The molecule has 1 aliphatic rings. The van der Waals surface area contributed by atoms with Gasteiger partial charge in [0.2, 0.25) is 0 Å². The van der Waals surface area contributed by atoms with Crippen LogP contribution in [-0.4, -0.2) is 37.4 Å². The Labute approximate surface area is 118 Å². The molecule has 1 aromatic carbocycles. The van der Waals surface area contributed by atoms with Crippen molar-refractivity contribution in [2.75, 3.05) is 14.2 Å². The maximum atomic E-state index is 10.9. The van der Waals surface area contributed by atoms with Crippen molar-refractivity contribution in [2.45, 2.75) is 37.8 Å². The zero-order valence-electron chi connectivity index (χ0n) is 11.9. The average Bonchev–Trinajstić information content (AvgIpc) is 3.21. The van der Waals surface area contributed by atoms with E-state index in [4.69, 9.17) is 14.6 Å². The predicted octanol–water partition coefficient (Wildman–Crippen LogP) is 1.84. The van der Waals surface area contributed by atoms with Crippen molar-refractivity contribution in [2.24, 2.45) is 0 Å². The van der Waals surface area contributed by atoms with Crippen LogP contribution in [0.2, 0.25) is 0 Å². The zero-order chi connectivity index (χ0) is 14.5. The molecular weight excluding hydrogens is 258 g/mol. The number of hydrogen-bond donors (Lipinski definition) is 2. The van der Waals surface area contributed by atoms with Crippen LogP contribution < -0.4 is 14.8 Å². The number of carbonyl (C=O) groups is 1. The van der Waals surface area contributed by atoms with Crippen molar-refractivity contribution in [1.82, 2.24) is 5.32 Å². The summed E-state index contributed by atoms with van der Waals surface area (Å²) >= 11 is 0. The number of ether oxygens (including phenoxy) is 2. The van der Waals surface area contributed by atoms with Crippen molar-refractivity contribution in [3.8, 4) is 11.5 Å². The van der Waals surface area contributed by atoms with Crippen LogP contribution in [-0.2, 0) is 11.2 Å². The summed E-state index contributed by atoms with van der Waals surface area (Å²) < 4.78 is 10.5. The van der Waals surface area contributed by atoms with Gasteiger partial charge in [0.05, 0.1) is 20.6 Å². The highest BCUT2D eigenvalue weighted by molar-refractivity contribution is 5.67. The minimum atomic E-state index is -0.774. The molecule has 1 fully saturated rings. The largest absolute Gasteiger partial charge is 0.493 e. The van der Waals surface area contributed by atoms with Gasteiger partial charge < -0.3 is 19.9 Å². The molecule has 1 saturated carbocycles. The van der Waals surface area contributed by atoms with Gasteiger partial charge in [-0.25, -0.2) is 0 Å². The Balaban J connectivity index is 2.06. The number of aliphatic carboxylic acids is 1. The van der Waals surface area contributed by atoms with Crippen LogP contribution in [0.5, 0.6) is 11.5 Å². The molecule has 20 heavy (non-hydrogen) atoms. The number of rotatable bonds is 8. The van der Waals surface area contributed by atoms with Crippen molar-refractivity contribution < 1.29 is 19.4 Å². The molecule has 2 rings (SSSR count). The number of carboxylic acid groups (broad SMARTS) is 1. The minimum absolute atomic E-state index is 0.0434. The summed E-state index contributed by atoms with van der Waals surface area (Å²) in [4.78, 5) is 10.9. The average molecular weight is 279 g/mol. The number of methoxy groups -OCH3 is 2. The van der Waals surface area contributed by atoms with E-state index in [0.29, 0.717) is 24.0 Å². The zero-order valence-corrected chi connectivity index (χ0v) is 11.9. The van der Waals surface area contributed by atoms with E-state index in [9.17, 15) is 4.79 Å². The molecular formula is C15H21NO4. The SMILES string of the molecule is COc1ccc(CC(CC(=O)O)NC2CC2)cc1OC. The van der Waals surface area contributed by atoms with E-state index in [1.165, 1.54) is 0 Å². The second-order valence-electron chi connectivity index (χ2n) is 5.13. The van der Waals surface area contributed by atoms with Gasteiger partial charge in [0.25, 0.3) is 0 Å². The quantitative estimate of drug-likeness (QED) is 0.760. The summed E-state index contributed by atoms with van der Waals surface area (Å²) in [5.41, 5.74) is 1.04. The third kappa shape index (κ3) is 4.13. The molecule has 0 saturated heterocycles. The summed E-state index contributed by atoms with van der Waals surface area (Å²) in [6, 6.07) is 6.15. The second kappa shape index (κ2) is 6.61. The lowest BCUT2D eigenvalue weighted by atomic mass is 10.0. The normalized spacial score (nSPS) is 15.7. The van der Waals surface area contributed by atoms with Crippen LogP contribution in [0.3, 0.4) is 0 Å². The van der Waals surface area contributed by atoms with Gasteiger partial charge in [-0.3, -0.25) is 4.79 Å². The molecule has 110 valence electrons. The first-order valence-electron chi connectivity index (χ1n) is 6.81. The van der Waals surface area contributed by atoms with Gasteiger partial charge in [-0.15, -0.1) is 0 Å². The summed E-state index contributed by atoms with van der Waals surface area (Å²) in [5, 5.41) is 12.4. The summed E-state index contributed by atoms with van der Waals surface area (Å²) in [5.74, 6) is 0.579. The van der Waals surface area contributed by atoms with Gasteiger partial charge in [-0.1, -0.05) is 6.07 Å². The van der Waals surface area contributed by atoms with E-state index < -0.39 is 5.97 Å². The maximum absolute atomic E-state index is 10.9. The number of benzene rings is 1. The fourth-order valence-corrected chi connectivity index (χ4v) is 2.28. The van der Waals surface area contributed by atoms with Crippen LogP contribution in [0.1, 0.15) is 24.8 Å². The van der Waals surface area contributed by atoms with Crippen LogP contribution in [0.4, 0.5) is 0 Å². The first-order chi connectivity index (χ1) is 9.62. The first-order valence-corrected chi connectivity index (χ1v) is 6.81. The van der Waals surface area contributed by atoms with Crippen molar-refractivity contribution in [1.29, 1.82) is 0 Å². The van der Waals surface area contributed by atoms with Gasteiger partial charge in [-0.2, -0.15) is 0 Å². The Morgan fingerprint density at radius 2 is 2.05 bits per heavy atom. The molecule has 0 aliphatic heterocycles. The van der Waals surface area contributed by atoms with Crippen LogP contribution in [0, 0.1) is 0 Å². The lowest BCUT2D eigenvalue weighted by Crippen LogP contribution is -2.35. The topological polar surface area (TPSA) is 67.8 Å². The van der Waals surface area contributed by atoms with Crippen molar-refractivity contribution >= 4 is 5.97 Å². The molecule has 0 amide bonds. The molecule has 1 atom stereocenters. The molecule has 0 heterocycles. The van der Waals surface area contributed by atoms with E-state index >= 15 is 0 Å². The molecule has 2 N–H and O–H groups in total. The molecule has 1 aliphatic carbocycles. The van der Waals surface area contributed by atoms with E-state index in [0.717, 1.165) is 18.4 Å². The Bertz CT molecular complexity index is 471. The highest BCUT2D eigenvalue weighted by atomic mass is 16.5. The lowest BCUT2D eigenvalue weighted by molar-refractivity contribution is -0.137. The molecule has 0 bridgehead atoms. The Kier molecular flexibility index (Phi) is 4.84. The van der Waals surface area contributed by atoms with Crippen LogP contribution in [0.15, 0.2) is 18.2 Å². The fourth-order valence-electron chi connectivity index (χ4n) is 2.28. The van der Waals surface area contributed by atoms with Crippen LogP contribution >= 0.6 is 0 Å². The molecule has 1 unspecified atom stereocenters. The monoisotopic (exact) mass is 279 g/mol. The summed E-state index contributed by atoms with van der Waals surface area (Å²) in [7, 11) is 3.19. The summed E-state index contributed by atoms with van der Waals surface area (Å²) in [6.45, 7) is 0. The highest BCUT2D eigenvalue weighted by Gasteiger charge is 2.26. The Hall–Kier alpha value is -1.75. The highest BCUT2D eigenvalue weighted by Crippen LogP contribution is 2.28. The standard InChI is InChI=1S/C15H21NO4/c1-19-13-6-3-10(8-14(13)20-2)7-12(9-15(17)18)16-11-4-5-11/h3,6,8,11-12,16H,4-5,7,9H2,1-2H3,(H,17,18). The van der Waals surface area contributed by atoms with Gasteiger partial charge in [0.1, 0.15) is 0 Å². The fraction of sp³-hybridized carbons (Fsp3) is 0.533. The smallest absolute Gasteiger partial charge is 0.304 e. The van der Waals surface area contributed by atoms with E-state index in [1.807, 2.05) is 18.2 Å². The maximum Gasteiger partial charge on any atom is 0.304 e. The number of nitrogens with one attached hydrogen (secondary N) is 1. The van der Waals surface area contributed by atoms with E-state index in [2.05, 4.69) is 5.32 Å². The molecule has 0 spiro atoms. The van der Waals surface area contributed by atoms with Crippen LogP contribution in [0.25, 0.3) is 0 Å². The van der Waals surface area contributed by atoms with E-state index in [-0.39, 0.29) is 12.5 Å². The summed E-state index contributed by atoms with van der Waals surface area (Å²) in [6.07, 6.45) is 3.08. The minimum Gasteiger partial charge on any atom is -0.493 e. The van der Waals surface area contributed by atoms with Crippen molar-refractivity contribution in [3.63, 3.8) is 0 Å². The van der Waals surface area contributed by atoms with Gasteiger partial charge in [0, 0.05) is 12.1 Å². The van der Waals surface area contributed by atoms with E-state index in [1.54, 1.807) is 14.2 Å². The number of carboxylic acids is 1. The third-order valence-electron chi connectivity index (χ3n) is 3.40. The Morgan fingerprint density at radius 3 is 2.60 bits per heavy atom. The second-order valence-corrected chi connectivity index (χ2v) is 5.13. The van der Waals surface area contributed by atoms with Gasteiger partial charge in [-0.05, 0) is 37.0 Å². The molecule has 0 radical (unpaired) electrons. The first kappa shape index (κ1) is 14.7.